The van der Waals surface area contributed by atoms with Gasteiger partial charge in [0.05, 0.1) is 0 Å². The molecule has 0 heterocycles. The average Bonchev–Trinajstić information content (AvgIpc) is 2.13. The van der Waals surface area contributed by atoms with Crippen LogP contribution in [0, 0.1) is 0 Å². The van der Waals surface area contributed by atoms with E-state index >= 15 is 0 Å². The molecule has 60 valence electrons. The molecule has 0 atom stereocenters. The van der Waals surface area contributed by atoms with Crippen molar-refractivity contribution in [3.8, 4) is 0 Å². The molecule has 0 spiro atoms. The Morgan fingerprint density at radius 3 is 1.90 bits per heavy atom. The monoisotopic (exact) mass is 186 g/mol. The van der Waals surface area contributed by atoms with Crippen molar-refractivity contribution in [2.75, 3.05) is 0 Å². The predicted molar refractivity (Wildman–Crippen MR) is 39.0 cm³/mol. The molecule has 0 saturated heterocycles. The molecule has 1 saturated carbocycles. The molecule has 1 fully saturated rings. The van der Waals surface area contributed by atoms with E-state index in [9.17, 15) is 9.50 Å². The van der Waals surface area contributed by atoms with Crippen LogP contribution in [0.25, 0.3) is 0 Å². The second-order valence-corrected chi connectivity index (χ2v) is 3.97. The standard InChI is InChI=1S/C6H9Cl2FO/c7-6(8,9)5(10)3-1-2-4-5/h10H,1-4H2. The lowest BCUT2D eigenvalue weighted by atomic mass is 10.0. The molecule has 10 heavy (non-hydrogen) atoms. The number of hydrogen-bond donors (Lipinski definition) is 1. The van der Waals surface area contributed by atoms with Gasteiger partial charge < -0.3 is 5.11 Å². The zero-order chi connectivity index (χ0) is 7.83. The molecule has 0 aliphatic heterocycles. The van der Waals surface area contributed by atoms with E-state index in [2.05, 4.69) is 0 Å². The first-order valence-electron chi connectivity index (χ1n) is 3.25. The van der Waals surface area contributed by atoms with Crippen LogP contribution in [0.5, 0.6) is 0 Å². The maximum atomic E-state index is 12.8. The SMILES string of the molecule is OC1(C(F)(Cl)Cl)CCCC1. The highest BCUT2D eigenvalue weighted by atomic mass is 35.5. The zero-order valence-electron chi connectivity index (χ0n) is 5.41. The Labute approximate surface area is 69.1 Å². The fraction of sp³-hybridized carbons (Fsp3) is 1.00. The highest BCUT2D eigenvalue weighted by Crippen LogP contribution is 2.45. The maximum Gasteiger partial charge on any atom is 0.285 e. The quantitative estimate of drug-likeness (QED) is 0.625. The summed E-state index contributed by atoms with van der Waals surface area (Å²) in [6.45, 7) is 0. The molecule has 0 aromatic carbocycles. The van der Waals surface area contributed by atoms with Crippen LogP contribution >= 0.6 is 23.2 Å². The summed E-state index contributed by atoms with van der Waals surface area (Å²) < 4.78 is 10.3. The van der Waals surface area contributed by atoms with Crippen molar-refractivity contribution in [1.29, 1.82) is 0 Å². The van der Waals surface area contributed by atoms with Gasteiger partial charge in [0.1, 0.15) is 5.60 Å². The summed E-state index contributed by atoms with van der Waals surface area (Å²) in [5.41, 5.74) is -1.50. The lowest BCUT2D eigenvalue weighted by Crippen LogP contribution is -2.40. The van der Waals surface area contributed by atoms with E-state index in [1.165, 1.54) is 0 Å². The van der Waals surface area contributed by atoms with E-state index in [0.29, 0.717) is 12.8 Å². The van der Waals surface area contributed by atoms with Gasteiger partial charge >= 0.3 is 0 Å². The molecule has 4 heteroatoms. The van der Waals surface area contributed by atoms with E-state index in [4.69, 9.17) is 23.2 Å². The Bertz CT molecular complexity index is 126. The molecule has 1 aliphatic carbocycles. The largest absolute Gasteiger partial charge is 0.384 e. The number of halogens is 3. The summed E-state index contributed by atoms with van der Waals surface area (Å²) in [7, 11) is 0. The van der Waals surface area contributed by atoms with Crippen molar-refractivity contribution in [1.82, 2.24) is 0 Å². The minimum atomic E-state index is -2.48. The Morgan fingerprint density at radius 2 is 1.70 bits per heavy atom. The smallest absolute Gasteiger partial charge is 0.285 e. The fourth-order valence-corrected chi connectivity index (χ4v) is 1.62. The van der Waals surface area contributed by atoms with Crippen molar-refractivity contribution in [3.63, 3.8) is 0 Å². The minimum Gasteiger partial charge on any atom is -0.384 e. The first kappa shape index (κ1) is 8.57. The zero-order valence-corrected chi connectivity index (χ0v) is 6.92. The molecular formula is C6H9Cl2FO. The summed E-state index contributed by atoms with van der Waals surface area (Å²) >= 11 is 10.3. The molecule has 0 amide bonds. The third kappa shape index (κ3) is 1.39. The van der Waals surface area contributed by atoms with Crippen LogP contribution in [-0.2, 0) is 0 Å². The van der Waals surface area contributed by atoms with Crippen LogP contribution in [0.3, 0.4) is 0 Å². The Kier molecular flexibility index (Phi) is 2.15. The van der Waals surface area contributed by atoms with E-state index in [1.54, 1.807) is 0 Å². The van der Waals surface area contributed by atoms with Crippen LogP contribution in [0.2, 0.25) is 0 Å². The Morgan fingerprint density at radius 1 is 1.30 bits per heavy atom. The third-order valence-electron chi connectivity index (χ3n) is 1.96. The Balaban J connectivity index is 2.67. The molecule has 1 nitrogen and oxygen atoms in total. The lowest BCUT2D eigenvalue weighted by Gasteiger charge is -2.28. The minimum absolute atomic E-state index is 0.358. The normalized spacial score (nSPS) is 25.2. The highest BCUT2D eigenvalue weighted by Gasteiger charge is 2.50. The molecule has 1 aliphatic rings. The van der Waals surface area contributed by atoms with Crippen LogP contribution in [-0.4, -0.2) is 15.3 Å². The second kappa shape index (κ2) is 2.50. The summed E-state index contributed by atoms with van der Waals surface area (Å²) in [4.78, 5) is 0. The van der Waals surface area contributed by atoms with Crippen LogP contribution in [0.1, 0.15) is 25.7 Å². The summed E-state index contributed by atoms with van der Waals surface area (Å²) in [5.74, 6) is 0. The second-order valence-electron chi connectivity index (χ2n) is 2.74. The van der Waals surface area contributed by atoms with Crippen molar-refractivity contribution >= 4 is 23.2 Å². The van der Waals surface area contributed by atoms with Crippen LogP contribution in [0.15, 0.2) is 0 Å². The maximum absolute atomic E-state index is 12.8. The van der Waals surface area contributed by atoms with E-state index in [0.717, 1.165) is 12.8 Å². The summed E-state index contributed by atoms with van der Waals surface area (Å²) in [6.07, 6.45) is 2.30. The van der Waals surface area contributed by atoms with E-state index in [-0.39, 0.29) is 0 Å². The predicted octanol–water partition coefficient (Wildman–Crippen LogP) is 2.39. The van der Waals surface area contributed by atoms with Crippen molar-refractivity contribution in [2.45, 2.75) is 35.9 Å². The molecule has 0 aromatic heterocycles. The van der Waals surface area contributed by atoms with Gasteiger partial charge in [-0.15, -0.1) is 0 Å². The molecule has 0 bridgehead atoms. The van der Waals surface area contributed by atoms with Crippen molar-refractivity contribution < 1.29 is 9.50 Å². The third-order valence-corrected chi connectivity index (χ3v) is 2.66. The molecule has 0 radical (unpaired) electrons. The van der Waals surface area contributed by atoms with E-state index in [1.807, 2.05) is 0 Å². The molecular weight excluding hydrogens is 178 g/mol. The molecule has 1 rings (SSSR count). The van der Waals surface area contributed by atoms with Crippen molar-refractivity contribution in [3.05, 3.63) is 0 Å². The number of alkyl halides is 3. The van der Waals surface area contributed by atoms with Gasteiger partial charge in [0.25, 0.3) is 4.59 Å². The van der Waals surface area contributed by atoms with Gasteiger partial charge in [0.2, 0.25) is 0 Å². The van der Waals surface area contributed by atoms with Crippen molar-refractivity contribution in [2.24, 2.45) is 0 Å². The topological polar surface area (TPSA) is 20.2 Å². The molecule has 1 N–H and O–H groups in total. The first-order chi connectivity index (χ1) is 4.46. The number of hydrogen-bond acceptors (Lipinski definition) is 1. The average molecular weight is 187 g/mol. The van der Waals surface area contributed by atoms with Gasteiger partial charge in [0.15, 0.2) is 0 Å². The van der Waals surface area contributed by atoms with Gasteiger partial charge in [-0.25, -0.2) is 4.39 Å². The van der Waals surface area contributed by atoms with Gasteiger partial charge in [-0.3, -0.25) is 0 Å². The fourth-order valence-electron chi connectivity index (χ4n) is 1.24. The Hall–Kier alpha value is 0.470. The summed E-state index contributed by atoms with van der Waals surface area (Å²) in [5, 5.41) is 9.39. The van der Waals surface area contributed by atoms with Crippen LogP contribution in [0.4, 0.5) is 4.39 Å². The first-order valence-corrected chi connectivity index (χ1v) is 4.00. The number of rotatable bonds is 1. The lowest BCUT2D eigenvalue weighted by molar-refractivity contribution is -0.0145. The molecule has 0 aromatic rings. The summed E-state index contributed by atoms with van der Waals surface area (Å²) in [6, 6.07) is 0. The van der Waals surface area contributed by atoms with Gasteiger partial charge in [0, 0.05) is 0 Å². The van der Waals surface area contributed by atoms with Crippen LogP contribution < -0.4 is 0 Å². The highest BCUT2D eigenvalue weighted by molar-refractivity contribution is 6.48. The molecule has 0 unspecified atom stereocenters. The number of aliphatic hydroxyl groups is 1. The van der Waals surface area contributed by atoms with Gasteiger partial charge in [-0.05, 0) is 12.8 Å². The van der Waals surface area contributed by atoms with Gasteiger partial charge in [-0.1, -0.05) is 36.0 Å². The van der Waals surface area contributed by atoms with Gasteiger partial charge in [-0.2, -0.15) is 0 Å². The van der Waals surface area contributed by atoms with E-state index < -0.39 is 10.2 Å².